The third-order valence-electron chi connectivity index (χ3n) is 4.43. The number of ether oxygens (including phenoxy) is 1. The van der Waals surface area contributed by atoms with Gasteiger partial charge in [-0.25, -0.2) is 0 Å². The van der Waals surface area contributed by atoms with Gasteiger partial charge in [0.05, 0.1) is 12.2 Å². The molecule has 0 saturated carbocycles. The summed E-state index contributed by atoms with van der Waals surface area (Å²) in [7, 11) is 0. The van der Waals surface area contributed by atoms with E-state index in [1.807, 2.05) is 0 Å². The van der Waals surface area contributed by atoms with Gasteiger partial charge in [0, 0.05) is 19.8 Å². The van der Waals surface area contributed by atoms with Crippen molar-refractivity contribution in [2.24, 2.45) is 11.8 Å². The fourth-order valence-corrected chi connectivity index (χ4v) is 3.28. The smallest absolute Gasteiger partial charge is 0.241 e. The van der Waals surface area contributed by atoms with Crippen LogP contribution >= 0.6 is 0 Å². The molecule has 20 heavy (non-hydrogen) atoms. The number of rotatable bonds is 7. The molecule has 2 rings (SSSR count). The van der Waals surface area contributed by atoms with E-state index in [0.717, 1.165) is 51.9 Å². The molecule has 2 aliphatic heterocycles. The lowest BCUT2D eigenvalue weighted by Gasteiger charge is -2.26. The van der Waals surface area contributed by atoms with Crippen LogP contribution in [0.4, 0.5) is 0 Å². The van der Waals surface area contributed by atoms with Gasteiger partial charge in [-0.05, 0) is 37.5 Å². The summed E-state index contributed by atoms with van der Waals surface area (Å²) < 4.78 is 5.43. The second-order valence-corrected chi connectivity index (χ2v) is 6.70. The lowest BCUT2D eigenvalue weighted by molar-refractivity contribution is -0.130. The summed E-state index contributed by atoms with van der Waals surface area (Å²) in [6.45, 7) is 9.25. The first-order valence-corrected chi connectivity index (χ1v) is 8.26. The summed E-state index contributed by atoms with van der Waals surface area (Å²) in [5, 5.41) is 3.54. The predicted octanol–water partition coefficient (Wildman–Crippen LogP) is 2.39. The summed E-state index contributed by atoms with van der Waals surface area (Å²) in [5.41, 5.74) is 0. The van der Waals surface area contributed by atoms with Crippen LogP contribution < -0.4 is 5.32 Å². The van der Waals surface area contributed by atoms with Crippen LogP contribution in [0.2, 0.25) is 0 Å². The molecule has 2 aliphatic rings. The van der Waals surface area contributed by atoms with Gasteiger partial charge >= 0.3 is 0 Å². The van der Waals surface area contributed by atoms with Crippen molar-refractivity contribution in [3.8, 4) is 0 Å². The highest BCUT2D eigenvalue weighted by Gasteiger charge is 2.38. The number of nitrogens with one attached hydrogen (secondary N) is 1. The van der Waals surface area contributed by atoms with Crippen molar-refractivity contribution in [1.82, 2.24) is 10.2 Å². The molecule has 1 N–H and O–H groups in total. The van der Waals surface area contributed by atoms with Gasteiger partial charge in [0.25, 0.3) is 0 Å². The molecule has 0 radical (unpaired) electrons. The normalized spacial score (nSPS) is 30.7. The molecule has 3 unspecified atom stereocenters. The number of hydrogen-bond acceptors (Lipinski definition) is 3. The zero-order chi connectivity index (χ0) is 14.5. The third-order valence-corrected chi connectivity index (χ3v) is 4.43. The number of nitrogens with zero attached hydrogens (tertiary/aromatic N) is 1. The minimum atomic E-state index is 0.0450. The highest BCUT2D eigenvalue weighted by Crippen LogP contribution is 2.23. The monoisotopic (exact) mass is 282 g/mol. The van der Waals surface area contributed by atoms with Gasteiger partial charge < -0.3 is 9.64 Å². The Bertz CT molecular complexity index is 314. The maximum atomic E-state index is 12.5. The van der Waals surface area contributed by atoms with Crippen LogP contribution in [-0.2, 0) is 9.53 Å². The molecular formula is C16H30N2O2. The van der Waals surface area contributed by atoms with Crippen molar-refractivity contribution >= 4 is 5.91 Å². The Labute approximate surface area is 123 Å². The van der Waals surface area contributed by atoms with Crippen LogP contribution in [0, 0.1) is 11.8 Å². The van der Waals surface area contributed by atoms with E-state index in [1.54, 1.807) is 0 Å². The molecule has 0 aliphatic carbocycles. The average molecular weight is 282 g/mol. The summed E-state index contributed by atoms with van der Waals surface area (Å²) in [6.07, 6.45) is 5.54. The fraction of sp³-hybridized carbons (Fsp3) is 0.938. The van der Waals surface area contributed by atoms with E-state index in [-0.39, 0.29) is 12.2 Å². The number of carbonyl (C=O) groups is 1. The van der Waals surface area contributed by atoms with E-state index in [2.05, 4.69) is 31.0 Å². The van der Waals surface area contributed by atoms with Crippen molar-refractivity contribution in [2.75, 3.05) is 19.8 Å². The standard InChI is InChI=1S/C16H30N2O2/c1-4-5-14-16(19)18(15(17-14)10-12(2)3)8-6-13-7-9-20-11-13/h12-15,17H,4-11H2,1-3H3. The van der Waals surface area contributed by atoms with E-state index < -0.39 is 0 Å². The van der Waals surface area contributed by atoms with Gasteiger partial charge in [0.1, 0.15) is 0 Å². The Hall–Kier alpha value is -0.610. The second-order valence-electron chi connectivity index (χ2n) is 6.70. The highest BCUT2D eigenvalue weighted by atomic mass is 16.5. The molecule has 1 amide bonds. The molecule has 0 aromatic carbocycles. The van der Waals surface area contributed by atoms with E-state index in [9.17, 15) is 4.79 Å². The molecule has 0 aromatic rings. The van der Waals surface area contributed by atoms with Crippen molar-refractivity contribution in [3.63, 3.8) is 0 Å². The predicted molar refractivity (Wildman–Crippen MR) is 80.3 cm³/mol. The van der Waals surface area contributed by atoms with Gasteiger partial charge in [0.15, 0.2) is 0 Å². The molecule has 4 nitrogen and oxygen atoms in total. The van der Waals surface area contributed by atoms with E-state index in [1.165, 1.54) is 0 Å². The summed E-state index contributed by atoms with van der Waals surface area (Å²) >= 11 is 0. The van der Waals surface area contributed by atoms with Crippen molar-refractivity contribution in [3.05, 3.63) is 0 Å². The van der Waals surface area contributed by atoms with E-state index in [0.29, 0.717) is 17.7 Å². The molecule has 0 bridgehead atoms. The van der Waals surface area contributed by atoms with Crippen LogP contribution in [0.25, 0.3) is 0 Å². The maximum Gasteiger partial charge on any atom is 0.241 e. The molecule has 0 spiro atoms. The molecule has 2 heterocycles. The summed E-state index contributed by atoms with van der Waals surface area (Å²) in [4.78, 5) is 14.6. The van der Waals surface area contributed by atoms with Gasteiger partial charge in [-0.2, -0.15) is 0 Å². The Kier molecular flexibility index (Phi) is 5.85. The number of carbonyl (C=O) groups excluding carboxylic acids is 1. The summed E-state index contributed by atoms with van der Waals surface area (Å²) in [6, 6.07) is 0.0450. The Morgan fingerprint density at radius 2 is 2.20 bits per heavy atom. The molecular weight excluding hydrogens is 252 g/mol. The van der Waals surface area contributed by atoms with Gasteiger partial charge in [0.2, 0.25) is 5.91 Å². The molecule has 2 saturated heterocycles. The summed E-state index contributed by atoms with van der Waals surface area (Å²) in [5.74, 6) is 1.57. The third kappa shape index (κ3) is 3.95. The van der Waals surface area contributed by atoms with Crippen molar-refractivity contribution in [2.45, 2.75) is 65.1 Å². The highest BCUT2D eigenvalue weighted by molar-refractivity contribution is 5.84. The van der Waals surface area contributed by atoms with Crippen LogP contribution in [0.15, 0.2) is 0 Å². The SMILES string of the molecule is CCCC1NC(CC(C)C)N(CCC2CCOC2)C1=O. The second kappa shape index (κ2) is 7.41. The zero-order valence-corrected chi connectivity index (χ0v) is 13.2. The van der Waals surface area contributed by atoms with Gasteiger partial charge in [-0.3, -0.25) is 10.1 Å². The van der Waals surface area contributed by atoms with Crippen LogP contribution in [-0.4, -0.2) is 42.8 Å². The zero-order valence-electron chi connectivity index (χ0n) is 13.2. The van der Waals surface area contributed by atoms with Crippen molar-refractivity contribution < 1.29 is 9.53 Å². The number of hydrogen-bond donors (Lipinski definition) is 1. The van der Waals surface area contributed by atoms with Crippen LogP contribution in [0.3, 0.4) is 0 Å². The Morgan fingerprint density at radius 3 is 2.80 bits per heavy atom. The van der Waals surface area contributed by atoms with E-state index >= 15 is 0 Å². The van der Waals surface area contributed by atoms with E-state index in [4.69, 9.17) is 4.74 Å². The first-order chi connectivity index (χ1) is 9.61. The molecule has 4 heteroatoms. The Balaban J connectivity index is 1.91. The lowest BCUT2D eigenvalue weighted by atomic mass is 10.0. The Morgan fingerprint density at radius 1 is 1.40 bits per heavy atom. The molecule has 3 atom stereocenters. The first kappa shape index (κ1) is 15.8. The van der Waals surface area contributed by atoms with Crippen LogP contribution in [0.5, 0.6) is 0 Å². The molecule has 0 aromatic heterocycles. The fourth-order valence-electron chi connectivity index (χ4n) is 3.28. The van der Waals surface area contributed by atoms with Gasteiger partial charge in [-0.1, -0.05) is 27.2 Å². The quantitative estimate of drug-likeness (QED) is 0.779. The van der Waals surface area contributed by atoms with Crippen LogP contribution in [0.1, 0.15) is 52.9 Å². The lowest BCUT2D eigenvalue weighted by Crippen LogP contribution is -2.39. The molecule has 2 fully saturated rings. The minimum Gasteiger partial charge on any atom is -0.381 e. The molecule has 116 valence electrons. The minimum absolute atomic E-state index is 0.0450. The average Bonchev–Trinajstić information content (AvgIpc) is 2.98. The van der Waals surface area contributed by atoms with Gasteiger partial charge in [-0.15, -0.1) is 0 Å². The largest absolute Gasteiger partial charge is 0.381 e. The topological polar surface area (TPSA) is 41.6 Å². The van der Waals surface area contributed by atoms with Crippen molar-refractivity contribution in [1.29, 1.82) is 0 Å². The first-order valence-electron chi connectivity index (χ1n) is 8.26. The maximum absolute atomic E-state index is 12.5. The number of amides is 1.